The van der Waals surface area contributed by atoms with Crippen LogP contribution in [0, 0.1) is 5.92 Å². The first-order valence-electron chi connectivity index (χ1n) is 11.2. The lowest BCUT2D eigenvalue weighted by molar-refractivity contribution is 0.0599. The minimum Gasteiger partial charge on any atom is -0.477 e. The Labute approximate surface area is 224 Å². The molecule has 6 nitrogen and oxygen atoms in total. The highest BCUT2D eigenvalue weighted by molar-refractivity contribution is 7.16. The predicted octanol–water partition coefficient (Wildman–Crippen LogP) is 9.17. The Morgan fingerprint density at radius 1 is 1.14 bits per heavy atom. The summed E-state index contributed by atoms with van der Waals surface area (Å²) < 4.78 is 5.61. The highest BCUT2D eigenvalue weighted by Crippen LogP contribution is 2.41. The number of ether oxygens (including phenoxy) is 1. The van der Waals surface area contributed by atoms with Crippen LogP contribution in [0.15, 0.2) is 29.6 Å². The second-order valence-electron chi connectivity index (χ2n) is 8.75. The minimum atomic E-state index is -1.13. The highest BCUT2D eigenvalue weighted by atomic mass is 35.5. The summed E-state index contributed by atoms with van der Waals surface area (Å²) in [5.41, 5.74) is 0.866. The summed E-state index contributed by atoms with van der Waals surface area (Å²) in [5.74, 6) is -0.803. The number of hydrogen-bond donors (Lipinski definition) is 1. The molecule has 190 valence electrons. The molecule has 0 aliphatic carbocycles. The van der Waals surface area contributed by atoms with Gasteiger partial charge in [0.05, 0.1) is 21.4 Å². The molecule has 0 saturated carbocycles. The van der Waals surface area contributed by atoms with Gasteiger partial charge in [0.15, 0.2) is 5.13 Å². The molecule has 0 saturated heterocycles. The van der Waals surface area contributed by atoms with E-state index in [2.05, 4.69) is 13.8 Å². The number of rotatable bonds is 6. The number of thiazole rings is 1. The average Bonchev–Trinajstić information content (AvgIpc) is 3.38. The standard InChI is InChI=1S/C23H24Cl2N2O4S2.C2H6/c1-12(2)10-17-18(13-6-7-14(24)15(25)11-13)26-21(33-17)27(22(30)31-23(3,4)5)16-8-9-32-19(16)20(28)29;1-2/h6-9,11-12H,10H2,1-5H3,(H,28,29);1-2H3. The van der Waals surface area contributed by atoms with E-state index in [1.165, 1.54) is 16.2 Å². The van der Waals surface area contributed by atoms with Crippen LogP contribution >= 0.6 is 45.9 Å². The predicted molar refractivity (Wildman–Crippen MR) is 147 cm³/mol. The molecule has 35 heavy (non-hydrogen) atoms. The number of aromatic nitrogens is 1. The molecule has 0 fully saturated rings. The summed E-state index contributed by atoms with van der Waals surface area (Å²) >= 11 is 14.7. The van der Waals surface area contributed by atoms with Gasteiger partial charge in [-0.1, -0.05) is 57.0 Å². The number of aromatic carboxylic acids is 1. The largest absolute Gasteiger partial charge is 0.477 e. The Morgan fingerprint density at radius 2 is 1.80 bits per heavy atom. The molecule has 0 radical (unpaired) electrons. The smallest absolute Gasteiger partial charge is 0.421 e. The summed E-state index contributed by atoms with van der Waals surface area (Å²) in [5, 5.41) is 12.4. The number of carbonyl (C=O) groups is 2. The topological polar surface area (TPSA) is 79.7 Å². The van der Waals surface area contributed by atoms with Crippen LogP contribution in [-0.4, -0.2) is 27.8 Å². The van der Waals surface area contributed by atoms with Crippen molar-refractivity contribution in [3.8, 4) is 11.3 Å². The number of thiophene rings is 1. The van der Waals surface area contributed by atoms with E-state index in [4.69, 9.17) is 32.9 Å². The fourth-order valence-corrected chi connectivity index (χ4v) is 5.35. The molecule has 2 heterocycles. The summed E-state index contributed by atoms with van der Waals surface area (Å²) in [6.45, 7) is 13.4. The highest BCUT2D eigenvalue weighted by Gasteiger charge is 2.32. The molecule has 0 bridgehead atoms. The lowest BCUT2D eigenvalue weighted by Crippen LogP contribution is -2.34. The third kappa shape index (κ3) is 7.43. The molecular weight excluding hydrogens is 527 g/mol. The van der Waals surface area contributed by atoms with Gasteiger partial charge in [0.25, 0.3) is 0 Å². The normalized spacial score (nSPS) is 11.1. The Balaban J connectivity index is 0.00000210. The Morgan fingerprint density at radius 3 is 2.34 bits per heavy atom. The second-order valence-corrected chi connectivity index (χ2v) is 11.5. The van der Waals surface area contributed by atoms with E-state index in [1.54, 1.807) is 44.4 Å². The van der Waals surface area contributed by atoms with E-state index in [0.29, 0.717) is 33.2 Å². The molecular formula is C25H30Cl2N2O4S2. The quantitative estimate of drug-likeness (QED) is 0.327. The summed E-state index contributed by atoms with van der Waals surface area (Å²) in [6.07, 6.45) is 0.0131. The molecule has 2 aromatic heterocycles. The molecule has 10 heteroatoms. The van der Waals surface area contributed by atoms with Crippen molar-refractivity contribution < 1.29 is 19.4 Å². The average molecular weight is 558 g/mol. The van der Waals surface area contributed by atoms with Crippen molar-refractivity contribution in [1.29, 1.82) is 0 Å². The summed E-state index contributed by atoms with van der Waals surface area (Å²) in [4.78, 5) is 32.0. The zero-order valence-corrected chi connectivity index (χ0v) is 24.0. The van der Waals surface area contributed by atoms with Crippen LogP contribution in [0.1, 0.15) is 63.0 Å². The van der Waals surface area contributed by atoms with Gasteiger partial charge in [-0.3, -0.25) is 0 Å². The van der Waals surface area contributed by atoms with Crippen LogP contribution in [0.2, 0.25) is 10.0 Å². The van der Waals surface area contributed by atoms with Crippen molar-refractivity contribution in [1.82, 2.24) is 4.98 Å². The zero-order chi connectivity index (χ0) is 26.5. The van der Waals surface area contributed by atoms with Crippen LogP contribution in [-0.2, 0) is 11.2 Å². The van der Waals surface area contributed by atoms with Gasteiger partial charge >= 0.3 is 12.1 Å². The number of hydrogen-bond acceptors (Lipinski definition) is 6. The first kappa shape index (κ1) is 29.1. The van der Waals surface area contributed by atoms with Gasteiger partial charge < -0.3 is 9.84 Å². The monoisotopic (exact) mass is 556 g/mol. The molecule has 3 aromatic rings. The number of anilines is 2. The molecule has 0 atom stereocenters. The van der Waals surface area contributed by atoms with Crippen molar-refractivity contribution in [2.45, 2.75) is 60.5 Å². The van der Waals surface area contributed by atoms with Crippen molar-refractivity contribution in [3.05, 3.63) is 49.4 Å². The van der Waals surface area contributed by atoms with Crippen molar-refractivity contribution in [3.63, 3.8) is 0 Å². The van der Waals surface area contributed by atoms with Crippen LogP contribution in [0.4, 0.5) is 15.6 Å². The maximum atomic E-state index is 13.3. The maximum Gasteiger partial charge on any atom is 0.421 e. The fourth-order valence-electron chi connectivity index (χ4n) is 3.04. The molecule has 1 N–H and O–H groups in total. The SMILES string of the molecule is CC.CC(C)Cc1sc(N(C(=O)OC(C)(C)C)c2ccsc2C(=O)O)nc1-c1ccc(Cl)c(Cl)c1. The molecule has 0 aliphatic heterocycles. The van der Waals surface area contributed by atoms with E-state index in [9.17, 15) is 14.7 Å². The van der Waals surface area contributed by atoms with Crippen LogP contribution in [0.5, 0.6) is 0 Å². The van der Waals surface area contributed by atoms with Crippen LogP contribution < -0.4 is 4.90 Å². The minimum absolute atomic E-state index is 0.0255. The maximum absolute atomic E-state index is 13.3. The van der Waals surface area contributed by atoms with Gasteiger partial charge in [0.1, 0.15) is 10.5 Å². The molecule has 1 aromatic carbocycles. The van der Waals surface area contributed by atoms with Crippen LogP contribution in [0.3, 0.4) is 0 Å². The number of benzene rings is 1. The first-order valence-corrected chi connectivity index (χ1v) is 13.6. The summed E-state index contributed by atoms with van der Waals surface area (Å²) in [6, 6.07) is 6.84. The molecule has 0 unspecified atom stereocenters. The third-order valence-corrected chi connectivity index (χ3v) is 7.01. The van der Waals surface area contributed by atoms with E-state index in [1.807, 2.05) is 19.9 Å². The van der Waals surface area contributed by atoms with Gasteiger partial charge in [-0.25, -0.2) is 19.5 Å². The van der Waals surface area contributed by atoms with Gasteiger partial charge in [0, 0.05) is 10.4 Å². The summed E-state index contributed by atoms with van der Waals surface area (Å²) in [7, 11) is 0. The second kappa shape index (κ2) is 12.2. The first-order chi connectivity index (χ1) is 16.4. The van der Waals surface area contributed by atoms with E-state index in [0.717, 1.165) is 21.8 Å². The Kier molecular flexibility index (Phi) is 10.2. The number of nitrogens with zero attached hydrogens (tertiary/aromatic N) is 2. The molecule has 0 aliphatic rings. The van der Waals surface area contributed by atoms with E-state index < -0.39 is 17.7 Å². The number of halogens is 2. The molecule has 0 spiro atoms. The number of carboxylic acids is 1. The Hall–Kier alpha value is -2.13. The molecule has 3 rings (SSSR count). The molecule has 1 amide bonds. The van der Waals surface area contributed by atoms with E-state index in [-0.39, 0.29) is 10.6 Å². The van der Waals surface area contributed by atoms with Gasteiger partial charge in [0.2, 0.25) is 0 Å². The van der Waals surface area contributed by atoms with Gasteiger partial charge in [-0.05, 0) is 56.7 Å². The van der Waals surface area contributed by atoms with Gasteiger partial charge in [-0.2, -0.15) is 0 Å². The number of amides is 1. The van der Waals surface area contributed by atoms with E-state index >= 15 is 0 Å². The van der Waals surface area contributed by atoms with Crippen molar-refractivity contribution in [2.24, 2.45) is 5.92 Å². The lowest BCUT2D eigenvalue weighted by atomic mass is 10.0. The number of carbonyl (C=O) groups excluding carboxylic acids is 1. The zero-order valence-electron chi connectivity index (χ0n) is 20.8. The lowest BCUT2D eigenvalue weighted by Gasteiger charge is -2.25. The number of carboxylic acid groups (broad SMARTS) is 1. The van der Waals surface area contributed by atoms with Crippen molar-refractivity contribution in [2.75, 3.05) is 4.90 Å². The fraction of sp³-hybridized carbons (Fsp3) is 0.400. The van der Waals surface area contributed by atoms with Crippen molar-refractivity contribution >= 4 is 68.8 Å². The van der Waals surface area contributed by atoms with Gasteiger partial charge in [-0.15, -0.1) is 22.7 Å². The Bertz CT molecular complexity index is 1180. The third-order valence-electron chi connectivity index (χ3n) is 4.32. The van der Waals surface area contributed by atoms with Crippen LogP contribution in [0.25, 0.3) is 11.3 Å².